The monoisotopic (exact) mass is 205 g/mol. The summed E-state index contributed by atoms with van der Waals surface area (Å²) < 4.78 is 5.44. The Labute approximate surface area is 91.3 Å². The minimum Gasteiger partial charge on any atom is -0.464 e. The molecule has 0 saturated heterocycles. The summed E-state index contributed by atoms with van der Waals surface area (Å²) in [5.74, 6) is 0. The largest absolute Gasteiger partial charge is 0.464 e. The number of furan rings is 1. The highest BCUT2D eigenvalue weighted by Gasteiger charge is 2.19. The average molecular weight is 205 g/mol. The zero-order chi connectivity index (χ0) is 11.5. The van der Waals surface area contributed by atoms with Crippen LogP contribution in [-0.2, 0) is 5.41 Å². The third kappa shape index (κ3) is 2.38. The van der Waals surface area contributed by atoms with E-state index in [2.05, 4.69) is 25.8 Å². The third-order valence-corrected chi connectivity index (χ3v) is 2.18. The summed E-state index contributed by atoms with van der Waals surface area (Å²) >= 11 is 0. The van der Waals surface area contributed by atoms with E-state index in [0.29, 0.717) is 0 Å². The van der Waals surface area contributed by atoms with Crippen LogP contribution in [0.15, 0.2) is 29.1 Å². The molecular weight excluding hydrogens is 186 g/mol. The van der Waals surface area contributed by atoms with Crippen molar-refractivity contribution in [3.8, 4) is 0 Å². The minimum atomic E-state index is 0.119. The number of pyridine rings is 1. The van der Waals surface area contributed by atoms with E-state index in [-0.39, 0.29) is 5.41 Å². The molecule has 0 atom stereocenters. The fraction of sp³-hybridized carbons (Fsp3) is 0.462. The first-order valence-corrected chi connectivity index (χ1v) is 5.41. The van der Waals surface area contributed by atoms with Gasteiger partial charge in [0.25, 0.3) is 0 Å². The van der Waals surface area contributed by atoms with Crippen LogP contribution in [0.3, 0.4) is 0 Å². The molecule has 0 bridgehead atoms. The fourth-order valence-electron chi connectivity index (χ4n) is 1.45. The van der Waals surface area contributed by atoms with E-state index in [1.165, 1.54) is 5.56 Å². The molecule has 0 N–H and O–H groups in total. The standard InChI is InChI=1S/C11H13NO.C2H6/c1-11(2,3)9-7-13-10-4-5-12-6-8(9)10;1-2/h4-7H,1-3H3;1-2H3. The van der Waals surface area contributed by atoms with Crippen LogP contribution in [-0.4, -0.2) is 4.98 Å². The van der Waals surface area contributed by atoms with Crippen LogP contribution in [0.5, 0.6) is 0 Å². The van der Waals surface area contributed by atoms with Crippen LogP contribution in [0.2, 0.25) is 0 Å². The molecule has 2 aromatic rings. The van der Waals surface area contributed by atoms with Gasteiger partial charge in [-0.15, -0.1) is 0 Å². The SMILES string of the molecule is CC.CC(C)(C)c1coc2ccncc12. The van der Waals surface area contributed by atoms with E-state index in [1.54, 1.807) is 6.20 Å². The van der Waals surface area contributed by atoms with E-state index in [9.17, 15) is 0 Å². The molecule has 0 aromatic carbocycles. The van der Waals surface area contributed by atoms with Gasteiger partial charge in [-0.2, -0.15) is 0 Å². The lowest BCUT2D eigenvalue weighted by Gasteiger charge is -2.15. The van der Waals surface area contributed by atoms with E-state index in [1.807, 2.05) is 32.4 Å². The lowest BCUT2D eigenvalue weighted by atomic mass is 9.87. The molecule has 82 valence electrons. The van der Waals surface area contributed by atoms with Crippen molar-refractivity contribution in [2.75, 3.05) is 0 Å². The molecule has 0 fully saturated rings. The van der Waals surface area contributed by atoms with Crippen molar-refractivity contribution in [2.45, 2.75) is 40.0 Å². The van der Waals surface area contributed by atoms with Gasteiger partial charge in [0, 0.05) is 23.3 Å². The van der Waals surface area contributed by atoms with E-state index >= 15 is 0 Å². The lowest BCUT2D eigenvalue weighted by Crippen LogP contribution is -2.09. The van der Waals surface area contributed by atoms with Gasteiger partial charge in [0.2, 0.25) is 0 Å². The Kier molecular flexibility index (Phi) is 3.51. The summed E-state index contributed by atoms with van der Waals surface area (Å²) in [6, 6.07) is 1.89. The fourth-order valence-corrected chi connectivity index (χ4v) is 1.45. The number of rotatable bonds is 0. The summed E-state index contributed by atoms with van der Waals surface area (Å²) in [5, 5.41) is 1.12. The van der Waals surface area contributed by atoms with Gasteiger partial charge in [0.1, 0.15) is 5.58 Å². The van der Waals surface area contributed by atoms with Crippen molar-refractivity contribution in [2.24, 2.45) is 0 Å². The first kappa shape index (κ1) is 11.8. The van der Waals surface area contributed by atoms with Crippen LogP contribution >= 0.6 is 0 Å². The van der Waals surface area contributed by atoms with E-state index in [0.717, 1.165) is 11.0 Å². The minimum absolute atomic E-state index is 0.119. The van der Waals surface area contributed by atoms with Crippen molar-refractivity contribution in [3.63, 3.8) is 0 Å². The van der Waals surface area contributed by atoms with Crippen molar-refractivity contribution < 1.29 is 4.42 Å². The highest BCUT2D eigenvalue weighted by Crippen LogP contribution is 2.30. The second-order valence-corrected chi connectivity index (χ2v) is 4.27. The summed E-state index contributed by atoms with van der Waals surface area (Å²) in [7, 11) is 0. The molecule has 2 aromatic heterocycles. The summed E-state index contributed by atoms with van der Waals surface area (Å²) in [6.07, 6.45) is 5.43. The first-order valence-electron chi connectivity index (χ1n) is 5.41. The van der Waals surface area contributed by atoms with Gasteiger partial charge in [-0.3, -0.25) is 4.98 Å². The molecule has 0 saturated carbocycles. The zero-order valence-electron chi connectivity index (χ0n) is 10.2. The van der Waals surface area contributed by atoms with Crippen LogP contribution in [0.4, 0.5) is 0 Å². The molecule has 0 spiro atoms. The average Bonchev–Trinajstić information content (AvgIpc) is 2.63. The van der Waals surface area contributed by atoms with Crippen LogP contribution in [0.25, 0.3) is 11.0 Å². The van der Waals surface area contributed by atoms with Gasteiger partial charge in [0.05, 0.1) is 6.26 Å². The molecule has 0 unspecified atom stereocenters. The van der Waals surface area contributed by atoms with Crippen molar-refractivity contribution in [1.82, 2.24) is 4.98 Å². The van der Waals surface area contributed by atoms with E-state index < -0.39 is 0 Å². The smallest absolute Gasteiger partial charge is 0.137 e. The highest BCUT2D eigenvalue weighted by molar-refractivity contribution is 5.80. The molecule has 15 heavy (non-hydrogen) atoms. The van der Waals surface area contributed by atoms with Gasteiger partial charge in [-0.25, -0.2) is 0 Å². The van der Waals surface area contributed by atoms with Crippen molar-refractivity contribution >= 4 is 11.0 Å². The Bertz CT molecular complexity index is 423. The maximum absolute atomic E-state index is 5.44. The van der Waals surface area contributed by atoms with Gasteiger partial charge < -0.3 is 4.42 Å². The first-order chi connectivity index (χ1) is 7.09. The van der Waals surface area contributed by atoms with Crippen LogP contribution in [0, 0.1) is 0 Å². The lowest BCUT2D eigenvalue weighted by molar-refractivity contribution is 0.557. The molecule has 0 aliphatic rings. The number of aromatic nitrogens is 1. The Hall–Kier alpha value is -1.31. The number of hydrogen-bond acceptors (Lipinski definition) is 2. The molecule has 2 nitrogen and oxygen atoms in total. The highest BCUT2D eigenvalue weighted by atomic mass is 16.3. The second kappa shape index (κ2) is 4.47. The van der Waals surface area contributed by atoms with Crippen LogP contribution < -0.4 is 0 Å². The third-order valence-electron chi connectivity index (χ3n) is 2.18. The summed E-state index contributed by atoms with van der Waals surface area (Å²) in [5.41, 5.74) is 2.25. The summed E-state index contributed by atoms with van der Waals surface area (Å²) in [4.78, 5) is 4.10. The predicted molar refractivity (Wildman–Crippen MR) is 64.1 cm³/mol. The Morgan fingerprint density at radius 1 is 1.20 bits per heavy atom. The summed E-state index contributed by atoms with van der Waals surface area (Å²) in [6.45, 7) is 10.5. The predicted octanol–water partition coefficient (Wildman–Crippen LogP) is 4.15. The molecule has 0 amide bonds. The maximum Gasteiger partial charge on any atom is 0.137 e. The van der Waals surface area contributed by atoms with Crippen molar-refractivity contribution in [3.05, 3.63) is 30.3 Å². The van der Waals surface area contributed by atoms with E-state index in [4.69, 9.17) is 4.42 Å². The van der Waals surface area contributed by atoms with Gasteiger partial charge >= 0.3 is 0 Å². The number of fused-ring (bicyclic) bond motifs is 1. The van der Waals surface area contributed by atoms with Gasteiger partial charge in [0.15, 0.2) is 0 Å². The molecular formula is C13H19NO. The molecule has 0 aliphatic heterocycles. The van der Waals surface area contributed by atoms with Gasteiger partial charge in [-0.05, 0) is 11.5 Å². The molecule has 0 radical (unpaired) electrons. The van der Waals surface area contributed by atoms with Gasteiger partial charge in [-0.1, -0.05) is 34.6 Å². The Morgan fingerprint density at radius 2 is 1.87 bits per heavy atom. The second-order valence-electron chi connectivity index (χ2n) is 4.27. The molecule has 0 aliphatic carbocycles. The molecule has 2 rings (SSSR count). The normalized spacial score (nSPS) is 11.0. The topological polar surface area (TPSA) is 26.0 Å². The van der Waals surface area contributed by atoms with Crippen molar-refractivity contribution in [1.29, 1.82) is 0 Å². The number of nitrogens with zero attached hydrogens (tertiary/aromatic N) is 1. The Morgan fingerprint density at radius 3 is 2.47 bits per heavy atom. The molecule has 2 heteroatoms. The quantitative estimate of drug-likeness (QED) is 0.645. The zero-order valence-corrected chi connectivity index (χ0v) is 10.2. The van der Waals surface area contributed by atoms with Crippen LogP contribution in [0.1, 0.15) is 40.2 Å². The Balaban J connectivity index is 0.000000531. The molecule has 2 heterocycles. The maximum atomic E-state index is 5.44. The number of hydrogen-bond donors (Lipinski definition) is 0.